The van der Waals surface area contributed by atoms with Gasteiger partial charge in [0.25, 0.3) is 0 Å². The second-order valence-corrected chi connectivity index (χ2v) is 3.33. The minimum Gasteiger partial charge on any atom is -0.354 e. The van der Waals surface area contributed by atoms with Gasteiger partial charge < -0.3 is 10.6 Å². The van der Waals surface area contributed by atoms with Gasteiger partial charge in [0.1, 0.15) is 6.04 Å². The smallest absolute Gasteiger partial charge is 0.242 e. The van der Waals surface area contributed by atoms with Gasteiger partial charge in [0.15, 0.2) is 0 Å². The van der Waals surface area contributed by atoms with Crippen LogP contribution in [-0.4, -0.2) is 24.4 Å². The van der Waals surface area contributed by atoms with E-state index in [1.54, 1.807) is 6.92 Å². The molecule has 2 N–H and O–H groups in total. The highest BCUT2D eigenvalue weighted by Crippen LogP contribution is 1.89. The molecular formula is C10H20N2O2. The van der Waals surface area contributed by atoms with E-state index in [2.05, 4.69) is 10.6 Å². The van der Waals surface area contributed by atoms with Crippen LogP contribution in [0.5, 0.6) is 0 Å². The zero-order valence-corrected chi connectivity index (χ0v) is 9.22. The first-order valence-electron chi connectivity index (χ1n) is 5.18. The summed E-state index contributed by atoms with van der Waals surface area (Å²) in [5, 5.41) is 5.36. The molecule has 0 aromatic carbocycles. The van der Waals surface area contributed by atoms with Crippen molar-refractivity contribution in [1.82, 2.24) is 10.6 Å². The minimum atomic E-state index is -0.430. The van der Waals surface area contributed by atoms with Crippen LogP contribution in [0.4, 0.5) is 0 Å². The van der Waals surface area contributed by atoms with E-state index in [1.165, 1.54) is 0 Å². The van der Waals surface area contributed by atoms with Crippen molar-refractivity contribution < 1.29 is 9.59 Å². The molecule has 1 atom stereocenters. The Morgan fingerprint density at radius 3 is 2.36 bits per heavy atom. The monoisotopic (exact) mass is 200 g/mol. The maximum absolute atomic E-state index is 11.3. The third kappa shape index (κ3) is 5.56. The van der Waals surface area contributed by atoms with E-state index in [-0.39, 0.29) is 11.8 Å². The lowest BCUT2D eigenvalue weighted by Crippen LogP contribution is -2.44. The van der Waals surface area contributed by atoms with Crippen LogP contribution >= 0.6 is 0 Å². The number of amides is 2. The number of hydrogen-bond acceptors (Lipinski definition) is 2. The molecule has 0 aliphatic heterocycles. The standard InChI is InChI=1S/C10H20N2O2/c1-4-6-9(13)12-8(3)10(14)11-7-5-2/h8H,4-7H2,1-3H3,(H,11,14)(H,12,13). The summed E-state index contributed by atoms with van der Waals surface area (Å²) in [6, 6.07) is -0.430. The fourth-order valence-electron chi connectivity index (χ4n) is 1.01. The Morgan fingerprint density at radius 1 is 1.21 bits per heavy atom. The molecule has 0 heterocycles. The highest BCUT2D eigenvalue weighted by atomic mass is 16.2. The van der Waals surface area contributed by atoms with Crippen LogP contribution in [0.15, 0.2) is 0 Å². The zero-order valence-electron chi connectivity index (χ0n) is 9.22. The molecule has 0 aliphatic rings. The first-order valence-corrected chi connectivity index (χ1v) is 5.18. The lowest BCUT2D eigenvalue weighted by atomic mass is 10.2. The molecule has 0 spiro atoms. The molecule has 0 aromatic rings. The molecule has 0 aliphatic carbocycles. The normalized spacial score (nSPS) is 11.9. The predicted molar refractivity (Wildman–Crippen MR) is 55.8 cm³/mol. The molecule has 1 unspecified atom stereocenters. The molecule has 2 amide bonds. The Labute approximate surface area is 85.4 Å². The maximum atomic E-state index is 11.3. The van der Waals surface area contributed by atoms with Crippen molar-refractivity contribution in [3.63, 3.8) is 0 Å². The highest BCUT2D eigenvalue weighted by Gasteiger charge is 2.13. The van der Waals surface area contributed by atoms with E-state index in [9.17, 15) is 9.59 Å². The lowest BCUT2D eigenvalue weighted by Gasteiger charge is -2.13. The van der Waals surface area contributed by atoms with Crippen LogP contribution in [-0.2, 0) is 9.59 Å². The number of nitrogens with one attached hydrogen (secondary N) is 2. The van der Waals surface area contributed by atoms with Crippen LogP contribution in [0.1, 0.15) is 40.0 Å². The SMILES string of the molecule is CCCNC(=O)C(C)NC(=O)CCC. The van der Waals surface area contributed by atoms with E-state index in [0.29, 0.717) is 13.0 Å². The first-order chi connectivity index (χ1) is 6.61. The molecule has 4 heteroatoms. The lowest BCUT2D eigenvalue weighted by molar-refractivity contribution is -0.128. The van der Waals surface area contributed by atoms with Crippen molar-refractivity contribution in [3.05, 3.63) is 0 Å². The van der Waals surface area contributed by atoms with Gasteiger partial charge in [-0.2, -0.15) is 0 Å². The van der Waals surface area contributed by atoms with E-state index < -0.39 is 6.04 Å². The van der Waals surface area contributed by atoms with Gasteiger partial charge in [0, 0.05) is 13.0 Å². The van der Waals surface area contributed by atoms with Gasteiger partial charge in [0.2, 0.25) is 11.8 Å². The number of carbonyl (C=O) groups is 2. The molecule has 0 rings (SSSR count). The molecule has 0 saturated carbocycles. The number of rotatable bonds is 6. The second kappa shape index (κ2) is 7.35. The molecule has 0 fully saturated rings. The Morgan fingerprint density at radius 2 is 1.86 bits per heavy atom. The van der Waals surface area contributed by atoms with Crippen molar-refractivity contribution in [1.29, 1.82) is 0 Å². The third-order valence-electron chi connectivity index (χ3n) is 1.80. The summed E-state index contributed by atoms with van der Waals surface area (Å²) in [6.07, 6.45) is 2.18. The summed E-state index contributed by atoms with van der Waals surface area (Å²) < 4.78 is 0. The van der Waals surface area contributed by atoms with Crippen molar-refractivity contribution in [3.8, 4) is 0 Å². The van der Waals surface area contributed by atoms with Gasteiger partial charge in [0.05, 0.1) is 0 Å². The van der Waals surface area contributed by atoms with Gasteiger partial charge in [-0.1, -0.05) is 13.8 Å². The average Bonchev–Trinajstić information content (AvgIpc) is 2.14. The van der Waals surface area contributed by atoms with Crippen LogP contribution < -0.4 is 10.6 Å². The van der Waals surface area contributed by atoms with Crippen LogP contribution in [0.25, 0.3) is 0 Å². The maximum Gasteiger partial charge on any atom is 0.242 e. The Balaban J connectivity index is 3.76. The zero-order chi connectivity index (χ0) is 11.0. The van der Waals surface area contributed by atoms with Crippen LogP contribution in [0, 0.1) is 0 Å². The van der Waals surface area contributed by atoms with E-state index >= 15 is 0 Å². The quantitative estimate of drug-likeness (QED) is 0.667. The third-order valence-corrected chi connectivity index (χ3v) is 1.80. The largest absolute Gasteiger partial charge is 0.354 e. The summed E-state index contributed by atoms with van der Waals surface area (Å²) in [4.78, 5) is 22.5. The minimum absolute atomic E-state index is 0.0633. The van der Waals surface area contributed by atoms with E-state index in [4.69, 9.17) is 0 Å². The number of hydrogen-bond donors (Lipinski definition) is 2. The topological polar surface area (TPSA) is 58.2 Å². The summed E-state index contributed by atoms with van der Waals surface area (Å²) in [6.45, 7) is 6.27. The molecule has 4 nitrogen and oxygen atoms in total. The fourth-order valence-corrected chi connectivity index (χ4v) is 1.01. The van der Waals surface area contributed by atoms with Crippen molar-refractivity contribution in [2.24, 2.45) is 0 Å². The summed E-state index contributed by atoms with van der Waals surface area (Å²) in [5.74, 6) is -0.178. The fraction of sp³-hybridized carbons (Fsp3) is 0.800. The Hall–Kier alpha value is -1.06. The van der Waals surface area contributed by atoms with E-state index in [1.807, 2.05) is 13.8 Å². The summed E-state index contributed by atoms with van der Waals surface area (Å²) in [5.41, 5.74) is 0. The second-order valence-electron chi connectivity index (χ2n) is 3.33. The molecular weight excluding hydrogens is 180 g/mol. The Bertz CT molecular complexity index is 193. The molecule has 0 saturated heterocycles. The highest BCUT2D eigenvalue weighted by molar-refractivity contribution is 5.87. The van der Waals surface area contributed by atoms with Gasteiger partial charge in [-0.05, 0) is 19.8 Å². The van der Waals surface area contributed by atoms with Gasteiger partial charge in [-0.25, -0.2) is 0 Å². The van der Waals surface area contributed by atoms with Crippen LogP contribution in [0.3, 0.4) is 0 Å². The molecule has 0 bridgehead atoms. The van der Waals surface area contributed by atoms with Gasteiger partial charge in [-0.3, -0.25) is 9.59 Å². The number of carbonyl (C=O) groups excluding carboxylic acids is 2. The van der Waals surface area contributed by atoms with Crippen molar-refractivity contribution in [2.75, 3.05) is 6.54 Å². The average molecular weight is 200 g/mol. The Kier molecular flexibility index (Phi) is 6.80. The molecule has 0 radical (unpaired) electrons. The first kappa shape index (κ1) is 12.9. The summed E-state index contributed by atoms with van der Waals surface area (Å²) in [7, 11) is 0. The van der Waals surface area contributed by atoms with Crippen LogP contribution in [0.2, 0.25) is 0 Å². The summed E-state index contributed by atoms with van der Waals surface area (Å²) >= 11 is 0. The van der Waals surface area contributed by atoms with E-state index in [0.717, 1.165) is 12.8 Å². The van der Waals surface area contributed by atoms with Crippen molar-refractivity contribution >= 4 is 11.8 Å². The molecule has 82 valence electrons. The molecule has 0 aromatic heterocycles. The van der Waals surface area contributed by atoms with Gasteiger partial charge >= 0.3 is 0 Å². The van der Waals surface area contributed by atoms with Crippen molar-refractivity contribution in [2.45, 2.75) is 46.1 Å². The molecule has 14 heavy (non-hydrogen) atoms. The van der Waals surface area contributed by atoms with Gasteiger partial charge in [-0.15, -0.1) is 0 Å². The predicted octanol–water partition coefficient (Wildman–Crippen LogP) is 0.817.